The standard InChI is InChI=1S/C12H23N3/c1-10(2)12(8-13-3)9-15-7-11-4-5-14-6-11/h4-6,10,12-15H,7-9H2,1-3H3. The highest BCUT2D eigenvalue weighted by Gasteiger charge is 2.11. The van der Waals surface area contributed by atoms with Crippen LogP contribution in [-0.2, 0) is 6.54 Å². The predicted molar refractivity (Wildman–Crippen MR) is 64.8 cm³/mol. The van der Waals surface area contributed by atoms with Crippen molar-refractivity contribution in [3.63, 3.8) is 0 Å². The summed E-state index contributed by atoms with van der Waals surface area (Å²) in [6, 6.07) is 2.11. The Morgan fingerprint density at radius 3 is 2.67 bits per heavy atom. The maximum atomic E-state index is 3.49. The molecule has 0 fully saturated rings. The number of aromatic amines is 1. The Balaban J connectivity index is 2.22. The van der Waals surface area contributed by atoms with E-state index in [0.717, 1.165) is 25.6 Å². The van der Waals surface area contributed by atoms with Gasteiger partial charge in [0.1, 0.15) is 0 Å². The summed E-state index contributed by atoms with van der Waals surface area (Å²) in [6.07, 6.45) is 4.00. The summed E-state index contributed by atoms with van der Waals surface area (Å²) in [7, 11) is 2.02. The summed E-state index contributed by atoms with van der Waals surface area (Å²) in [5.74, 6) is 1.42. The molecule has 0 saturated heterocycles. The summed E-state index contributed by atoms with van der Waals surface area (Å²) >= 11 is 0. The molecule has 0 saturated carbocycles. The van der Waals surface area contributed by atoms with Crippen LogP contribution in [-0.4, -0.2) is 25.1 Å². The summed E-state index contributed by atoms with van der Waals surface area (Å²) in [5, 5.41) is 6.74. The quantitative estimate of drug-likeness (QED) is 0.638. The smallest absolute Gasteiger partial charge is 0.0220 e. The summed E-state index contributed by atoms with van der Waals surface area (Å²) in [4.78, 5) is 3.06. The average Bonchev–Trinajstić information content (AvgIpc) is 2.69. The van der Waals surface area contributed by atoms with Crippen LogP contribution in [0.3, 0.4) is 0 Å². The van der Waals surface area contributed by atoms with E-state index in [4.69, 9.17) is 0 Å². The molecular weight excluding hydrogens is 186 g/mol. The second kappa shape index (κ2) is 6.64. The minimum absolute atomic E-state index is 0.703. The van der Waals surface area contributed by atoms with Gasteiger partial charge >= 0.3 is 0 Å². The summed E-state index contributed by atoms with van der Waals surface area (Å²) in [5.41, 5.74) is 1.32. The molecular formula is C12H23N3. The second-order valence-corrected chi connectivity index (χ2v) is 4.41. The monoisotopic (exact) mass is 209 g/mol. The third kappa shape index (κ3) is 4.49. The minimum atomic E-state index is 0.703. The Morgan fingerprint density at radius 1 is 1.33 bits per heavy atom. The number of aromatic nitrogens is 1. The summed E-state index contributed by atoms with van der Waals surface area (Å²) in [6.45, 7) is 7.66. The van der Waals surface area contributed by atoms with Crippen LogP contribution in [0.4, 0.5) is 0 Å². The van der Waals surface area contributed by atoms with E-state index in [0.29, 0.717) is 5.92 Å². The van der Waals surface area contributed by atoms with Gasteiger partial charge in [0.25, 0.3) is 0 Å². The van der Waals surface area contributed by atoms with Crippen molar-refractivity contribution in [2.24, 2.45) is 11.8 Å². The number of hydrogen-bond acceptors (Lipinski definition) is 2. The molecule has 1 aromatic heterocycles. The van der Waals surface area contributed by atoms with Gasteiger partial charge in [-0.15, -0.1) is 0 Å². The molecule has 0 amide bonds. The molecule has 0 bridgehead atoms. The van der Waals surface area contributed by atoms with Crippen LogP contribution >= 0.6 is 0 Å². The Morgan fingerprint density at radius 2 is 2.13 bits per heavy atom. The highest BCUT2D eigenvalue weighted by molar-refractivity contribution is 5.07. The lowest BCUT2D eigenvalue weighted by molar-refractivity contribution is 0.352. The van der Waals surface area contributed by atoms with Gasteiger partial charge in [-0.1, -0.05) is 13.8 Å². The van der Waals surface area contributed by atoms with Crippen LogP contribution in [0.1, 0.15) is 19.4 Å². The molecule has 15 heavy (non-hydrogen) atoms. The first kappa shape index (κ1) is 12.3. The highest BCUT2D eigenvalue weighted by Crippen LogP contribution is 2.08. The average molecular weight is 209 g/mol. The maximum Gasteiger partial charge on any atom is 0.0220 e. The third-order valence-corrected chi connectivity index (χ3v) is 2.81. The number of nitrogens with one attached hydrogen (secondary N) is 3. The summed E-state index contributed by atoms with van der Waals surface area (Å²) < 4.78 is 0. The van der Waals surface area contributed by atoms with Gasteiger partial charge < -0.3 is 15.6 Å². The Hall–Kier alpha value is -0.800. The van der Waals surface area contributed by atoms with Crippen molar-refractivity contribution < 1.29 is 0 Å². The van der Waals surface area contributed by atoms with E-state index in [9.17, 15) is 0 Å². The van der Waals surface area contributed by atoms with Gasteiger partial charge in [-0.2, -0.15) is 0 Å². The first-order valence-corrected chi connectivity index (χ1v) is 5.71. The SMILES string of the molecule is CNCC(CNCc1cc[nH]c1)C(C)C. The first-order valence-electron chi connectivity index (χ1n) is 5.71. The van der Waals surface area contributed by atoms with Gasteiger partial charge in [0.05, 0.1) is 0 Å². The van der Waals surface area contributed by atoms with Crippen molar-refractivity contribution in [1.82, 2.24) is 15.6 Å². The van der Waals surface area contributed by atoms with E-state index < -0.39 is 0 Å². The highest BCUT2D eigenvalue weighted by atomic mass is 14.9. The normalized spacial score (nSPS) is 13.3. The molecule has 0 aliphatic carbocycles. The lowest BCUT2D eigenvalue weighted by Crippen LogP contribution is -2.32. The van der Waals surface area contributed by atoms with Crippen LogP contribution in [0.25, 0.3) is 0 Å². The molecule has 1 aromatic rings. The van der Waals surface area contributed by atoms with E-state index in [1.165, 1.54) is 5.56 Å². The van der Waals surface area contributed by atoms with Gasteiger partial charge in [-0.25, -0.2) is 0 Å². The number of rotatable bonds is 7. The molecule has 1 atom stereocenters. The van der Waals surface area contributed by atoms with Crippen LogP contribution in [0.5, 0.6) is 0 Å². The van der Waals surface area contributed by atoms with E-state index >= 15 is 0 Å². The molecule has 3 N–H and O–H groups in total. The fourth-order valence-electron chi connectivity index (χ4n) is 1.68. The molecule has 0 spiro atoms. The molecule has 0 aromatic carbocycles. The van der Waals surface area contributed by atoms with Crippen LogP contribution in [0.2, 0.25) is 0 Å². The Kier molecular flexibility index (Phi) is 5.43. The topological polar surface area (TPSA) is 39.8 Å². The fraction of sp³-hybridized carbons (Fsp3) is 0.667. The molecule has 1 rings (SSSR count). The molecule has 86 valence electrons. The van der Waals surface area contributed by atoms with Crippen molar-refractivity contribution in [2.45, 2.75) is 20.4 Å². The first-order chi connectivity index (χ1) is 7.24. The molecule has 0 aliphatic rings. The second-order valence-electron chi connectivity index (χ2n) is 4.41. The lowest BCUT2D eigenvalue weighted by atomic mass is 9.96. The van der Waals surface area contributed by atoms with E-state index in [2.05, 4.69) is 35.5 Å². The molecule has 3 nitrogen and oxygen atoms in total. The third-order valence-electron chi connectivity index (χ3n) is 2.81. The Bertz CT molecular complexity index is 241. The van der Waals surface area contributed by atoms with Crippen LogP contribution in [0.15, 0.2) is 18.5 Å². The van der Waals surface area contributed by atoms with Crippen molar-refractivity contribution >= 4 is 0 Å². The zero-order valence-electron chi connectivity index (χ0n) is 10.0. The van der Waals surface area contributed by atoms with Crippen LogP contribution in [0, 0.1) is 11.8 Å². The van der Waals surface area contributed by atoms with Crippen molar-refractivity contribution in [3.05, 3.63) is 24.0 Å². The van der Waals surface area contributed by atoms with Gasteiger partial charge in [0.15, 0.2) is 0 Å². The lowest BCUT2D eigenvalue weighted by Gasteiger charge is -2.20. The fourth-order valence-corrected chi connectivity index (χ4v) is 1.68. The number of hydrogen-bond donors (Lipinski definition) is 3. The minimum Gasteiger partial charge on any atom is -0.367 e. The maximum absolute atomic E-state index is 3.49. The van der Waals surface area contributed by atoms with Gasteiger partial charge in [0.2, 0.25) is 0 Å². The van der Waals surface area contributed by atoms with E-state index in [1.807, 2.05) is 19.4 Å². The zero-order valence-corrected chi connectivity index (χ0v) is 10.0. The van der Waals surface area contributed by atoms with E-state index in [1.54, 1.807) is 0 Å². The molecule has 0 radical (unpaired) electrons. The van der Waals surface area contributed by atoms with Gasteiger partial charge in [0, 0.05) is 18.9 Å². The Labute approximate surface area is 92.7 Å². The zero-order chi connectivity index (χ0) is 11.1. The van der Waals surface area contributed by atoms with Gasteiger partial charge in [-0.3, -0.25) is 0 Å². The van der Waals surface area contributed by atoms with E-state index in [-0.39, 0.29) is 0 Å². The van der Waals surface area contributed by atoms with Gasteiger partial charge in [-0.05, 0) is 43.6 Å². The largest absolute Gasteiger partial charge is 0.367 e. The van der Waals surface area contributed by atoms with Crippen molar-refractivity contribution in [3.8, 4) is 0 Å². The number of H-pyrrole nitrogens is 1. The predicted octanol–water partition coefficient (Wildman–Crippen LogP) is 1.60. The van der Waals surface area contributed by atoms with Crippen LogP contribution < -0.4 is 10.6 Å². The molecule has 3 heteroatoms. The molecule has 0 aliphatic heterocycles. The van der Waals surface area contributed by atoms with Crippen molar-refractivity contribution in [2.75, 3.05) is 20.1 Å². The molecule has 1 unspecified atom stereocenters. The molecule has 1 heterocycles. The van der Waals surface area contributed by atoms with Crippen molar-refractivity contribution in [1.29, 1.82) is 0 Å².